The van der Waals surface area contributed by atoms with Gasteiger partial charge in [-0.15, -0.1) is 10.2 Å². The number of nitrogens with zero attached hydrogens (tertiary/aromatic N) is 8. The molecule has 0 aliphatic rings. The summed E-state index contributed by atoms with van der Waals surface area (Å²) >= 11 is 0. The molecular formula is C15H19FN10O2S. The maximum Gasteiger partial charge on any atom is 0.241 e. The van der Waals surface area contributed by atoms with E-state index in [1.165, 1.54) is 0 Å². The summed E-state index contributed by atoms with van der Waals surface area (Å²) in [7, 11) is 3.07. The molecule has 0 spiro atoms. The maximum atomic E-state index is 14.0. The van der Waals surface area contributed by atoms with Crippen LogP contribution in [0.15, 0.2) is 23.1 Å². The summed E-state index contributed by atoms with van der Waals surface area (Å²) < 4.78 is 41.8. The molecule has 0 bridgehead atoms. The van der Waals surface area contributed by atoms with E-state index in [0.717, 1.165) is 18.2 Å². The largest absolute Gasteiger partial charge is 0.347 e. The number of anilines is 2. The molecule has 0 atom stereocenters. The number of halogens is 1. The summed E-state index contributed by atoms with van der Waals surface area (Å²) in [5, 5.41) is 12.9. The molecule has 0 fully saturated rings. The summed E-state index contributed by atoms with van der Waals surface area (Å²) in [6.45, 7) is -0.179. The van der Waals surface area contributed by atoms with Gasteiger partial charge in [0.25, 0.3) is 0 Å². The molecule has 3 aromatic rings. The van der Waals surface area contributed by atoms with Gasteiger partial charge < -0.3 is 9.80 Å². The molecule has 0 amide bonds. The minimum atomic E-state index is -3.99. The van der Waals surface area contributed by atoms with Crippen LogP contribution in [0.3, 0.4) is 0 Å². The third kappa shape index (κ3) is 4.60. The Kier molecular flexibility index (Phi) is 5.65. The lowest BCUT2D eigenvalue weighted by molar-refractivity contribution is 0.578. The number of tetrazole rings is 1. The van der Waals surface area contributed by atoms with Crippen molar-refractivity contribution in [2.75, 3.05) is 38.0 Å². The van der Waals surface area contributed by atoms with Crippen molar-refractivity contribution in [3.05, 3.63) is 29.8 Å². The van der Waals surface area contributed by atoms with Crippen LogP contribution in [0.25, 0.3) is 11.4 Å². The zero-order valence-corrected chi connectivity index (χ0v) is 16.9. The van der Waals surface area contributed by atoms with Crippen molar-refractivity contribution in [2.24, 2.45) is 0 Å². The Morgan fingerprint density at radius 2 is 1.72 bits per heavy atom. The van der Waals surface area contributed by atoms with Crippen molar-refractivity contribution in [1.29, 1.82) is 0 Å². The summed E-state index contributed by atoms with van der Waals surface area (Å²) in [5.41, 5.74) is -0.0911. The Bertz CT molecular complexity index is 1080. The predicted octanol–water partition coefficient (Wildman–Crippen LogP) is -0.199. The zero-order chi connectivity index (χ0) is 21.2. The first-order valence-corrected chi connectivity index (χ1v) is 9.78. The molecule has 2 aromatic heterocycles. The molecule has 154 valence electrons. The highest BCUT2D eigenvalue weighted by Gasteiger charge is 2.20. The first-order chi connectivity index (χ1) is 13.7. The van der Waals surface area contributed by atoms with Crippen molar-refractivity contribution in [2.45, 2.75) is 11.4 Å². The van der Waals surface area contributed by atoms with Crippen LogP contribution in [0, 0.1) is 5.82 Å². The number of nitrogens with one attached hydrogen (secondary N) is 2. The molecule has 0 saturated carbocycles. The van der Waals surface area contributed by atoms with Crippen LogP contribution in [-0.2, 0) is 16.6 Å². The van der Waals surface area contributed by atoms with E-state index >= 15 is 0 Å². The number of sulfonamides is 1. The average Bonchev–Trinajstić information content (AvgIpc) is 3.21. The van der Waals surface area contributed by atoms with Crippen LogP contribution < -0.4 is 14.5 Å². The Hall–Kier alpha value is -3.26. The molecule has 2 heterocycles. The van der Waals surface area contributed by atoms with E-state index in [1.54, 1.807) is 38.0 Å². The molecule has 14 heteroatoms. The van der Waals surface area contributed by atoms with Gasteiger partial charge in [0.1, 0.15) is 5.82 Å². The first-order valence-electron chi connectivity index (χ1n) is 8.30. The van der Waals surface area contributed by atoms with Crippen LogP contribution in [0.2, 0.25) is 0 Å². The molecule has 1 aromatic carbocycles. The smallest absolute Gasteiger partial charge is 0.241 e. The lowest BCUT2D eigenvalue weighted by Gasteiger charge is -2.16. The van der Waals surface area contributed by atoms with Gasteiger partial charge in [-0.25, -0.2) is 17.5 Å². The van der Waals surface area contributed by atoms with Gasteiger partial charge in [-0.3, -0.25) is 0 Å². The summed E-state index contributed by atoms with van der Waals surface area (Å²) in [5.74, 6) is 0.284. The van der Waals surface area contributed by atoms with E-state index in [9.17, 15) is 12.8 Å². The van der Waals surface area contributed by atoms with E-state index < -0.39 is 15.8 Å². The predicted molar refractivity (Wildman–Crippen MR) is 102 cm³/mol. The van der Waals surface area contributed by atoms with Gasteiger partial charge in [-0.05, 0) is 23.4 Å². The number of hydrogen-bond donors (Lipinski definition) is 2. The fourth-order valence-electron chi connectivity index (χ4n) is 2.24. The Labute approximate surface area is 166 Å². The standard InChI is InChI=1S/C15H19FN10O2S/c1-25(2)14-18-12(19-15(20-14)26(3)4)8-17-29(27,28)9-5-6-11(16)10(7-9)13-21-23-24-22-13/h5-7,17H,8H2,1-4H3,(H,21,22,23,24). The topological polar surface area (TPSA) is 146 Å². The molecule has 0 aliphatic carbocycles. The number of aromatic nitrogens is 7. The number of rotatable bonds is 7. The number of H-pyrrole nitrogens is 1. The second kappa shape index (κ2) is 8.00. The fraction of sp³-hybridized carbons (Fsp3) is 0.333. The van der Waals surface area contributed by atoms with Gasteiger partial charge in [-0.1, -0.05) is 0 Å². The van der Waals surface area contributed by atoms with Gasteiger partial charge >= 0.3 is 0 Å². The van der Waals surface area contributed by atoms with Crippen LogP contribution >= 0.6 is 0 Å². The van der Waals surface area contributed by atoms with Crippen molar-refractivity contribution in [1.82, 2.24) is 40.3 Å². The second-order valence-corrected chi connectivity index (χ2v) is 8.11. The van der Waals surface area contributed by atoms with Crippen LogP contribution in [0.1, 0.15) is 5.82 Å². The molecule has 0 unspecified atom stereocenters. The third-order valence-corrected chi connectivity index (χ3v) is 5.11. The van der Waals surface area contributed by atoms with Crippen molar-refractivity contribution in [3.8, 4) is 11.4 Å². The van der Waals surface area contributed by atoms with E-state index in [-0.39, 0.29) is 28.7 Å². The minimum absolute atomic E-state index is 0.0525. The summed E-state index contributed by atoms with van der Waals surface area (Å²) in [4.78, 5) is 16.0. The maximum absolute atomic E-state index is 14.0. The lowest BCUT2D eigenvalue weighted by atomic mass is 10.2. The molecule has 3 rings (SSSR count). The van der Waals surface area contributed by atoms with E-state index in [0.29, 0.717) is 11.9 Å². The summed E-state index contributed by atoms with van der Waals surface area (Å²) in [6, 6.07) is 3.30. The fourth-order valence-corrected chi connectivity index (χ4v) is 3.24. The SMILES string of the molecule is CN(C)c1nc(CNS(=O)(=O)c2ccc(F)c(-c3nn[nH]n3)c2)nc(N(C)C)n1. The summed E-state index contributed by atoms with van der Waals surface area (Å²) in [6.07, 6.45) is 0. The quantitative estimate of drug-likeness (QED) is 0.525. The highest BCUT2D eigenvalue weighted by molar-refractivity contribution is 7.89. The van der Waals surface area contributed by atoms with Gasteiger partial charge in [0, 0.05) is 28.2 Å². The number of benzene rings is 1. The first kappa shape index (κ1) is 20.5. The lowest BCUT2D eigenvalue weighted by Crippen LogP contribution is -2.26. The highest BCUT2D eigenvalue weighted by Crippen LogP contribution is 2.22. The number of hydrogen-bond acceptors (Lipinski definition) is 10. The Balaban J connectivity index is 1.87. The monoisotopic (exact) mass is 422 g/mol. The van der Waals surface area contributed by atoms with Gasteiger partial charge in [0.05, 0.1) is 17.0 Å². The van der Waals surface area contributed by atoms with Crippen LogP contribution in [-0.4, -0.2) is 72.2 Å². The average molecular weight is 422 g/mol. The Morgan fingerprint density at radius 1 is 1.07 bits per heavy atom. The zero-order valence-electron chi connectivity index (χ0n) is 16.1. The highest BCUT2D eigenvalue weighted by atomic mass is 32.2. The van der Waals surface area contributed by atoms with Crippen LogP contribution in [0.4, 0.5) is 16.3 Å². The molecule has 0 aliphatic heterocycles. The molecule has 12 nitrogen and oxygen atoms in total. The number of aromatic amines is 1. The Morgan fingerprint density at radius 3 is 2.28 bits per heavy atom. The van der Waals surface area contributed by atoms with Crippen molar-refractivity contribution in [3.63, 3.8) is 0 Å². The molecule has 0 radical (unpaired) electrons. The normalized spacial score (nSPS) is 11.5. The van der Waals surface area contributed by atoms with E-state index in [1.807, 2.05) is 0 Å². The third-order valence-electron chi connectivity index (χ3n) is 3.71. The second-order valence-electron chi connectivity index (χ2n) is 6.34. The molecule has 2 N–H and O–H groups in total. The molecular weight excluding hydrogens is 403 g/mol. The molecule has 0 saturated heterocycles. The van der Waals surface area contributed by atoms with Gasteiger partial charge in [0.2, 0.25) is 27.7 Å². The van der Waals surface area contributed by atoms with E-state index in [2.05, 4.69) is 40.3 Å². The van der Waals surface area contributed by atoms with Gasteiger partial charge in [-0.2, -0.15) is 20.2 Å². The van der Waals surface area contributed by atoms with Crippen molar-refractivity contribution < 1.29 is 12.8 Å². The van der Waals surface area contributed by atoms with Crippen LogP contribution in [0.5, 0.6) is 0 Å². The van der Waals surface area contributed by atoms with Gasteiger partial charge in [0.15, 0.2) is 5.82 Å². The molecule has 29 heavy (non-hydrogen) atoms. The van der Waals surface area contributed by atoms with Crippen molar-refractivity contribution >= 4 is 21.9 Å². The van der Waals surface area contributed by atoms with E-state index in [4.69, 9.17) is 0 Å². The minimum Gasteiger partial charge on any atom is -0.347 e.